The minimum atomic E-state index is -0.459. The summed E-state index contributed by atoms with van der Waals surface area (Å²) < 4.78 is 10.6. The molecule has 1 aromatic carbocycles. The Morgan fingerprint density at radius 3 is 2.52 bits per heavy atom. The van der Waals surface area contributed by atoms with E-state index >= 15 is 0 Å². The van der Waals surface area contributed by atoms with E-state index in [1.54, 1.807) is 4.90 Å². The molecule has 0 N–H and O–H groups in total. The van der Waals surface area contributed by atoms with E-state index in [9.17, 15) is 9.59 Å². The first-order chi connectivity index (χ1) is 12.7. The van der Waals surface area contributed by atoms with Gasteiger partial charge in [-0.05, 0) is 50.8 Å². The number of rotatable bonds is 3. The number of esters is 1. The van der Waals surface area contributed by atoms with E-state index in [1.165, 1.54) is 11.1 Å². The number of carbonyl (C=O) groups is 2. The van der Waals surface area contributed by atoms with Gasteiger partial charge < -0.3 is 14.4 Å². The third-order valence-electron chi connectivity index (χ3n) is 5.29. The molecule has 1 unspecified atom stereocenters. The Kier molecular flexibility index (Phi) is 5.47. The van der Waals surface area contributed by atoms with Crippen molar-refractivity contribution in [3.8, 4) is 0 Å². The summed E-state index contributed by atoms with van der Waals surface area (Å²) in [5.74, 6) is 0.129. The fraction of sp³-hybridized carbons (Fsp3) is 0.619. The lowest BCUT2D eigenvalue weighted by Crippen LogP contribution is -2.50. The van der Waals surface area contributed by atoms with Crippen LogP contribution in [0.2, 0.25) is 0 Å². The summed E-state index contributed by atoms with van der Waals surface area (Å²) >= 11 is 0. The van der Waals surface area contributed by atoms with Crippen molar-refractivity contribution in [1.29, 1.82) is 0 Å². The second-order valence-corrected chi connectivity index (χ2v) is 8.55. The van der Waals surface area contributed by atoms with Crippen LogP contribution < -0.4 is 0 Å². The van der Waals surface area contributed by atoms with E-state index in [-0.39, 0.29) is 12.1 Å². The summed E-state index contributed by atoms with van der Waals surface area (Å²) in [6.07, 6.45) is -0.227. The minimum absolute atomic E-state index is 0.217. The maximum absolute atomic E-state index is 12.2. The first-order valence-corrected chi connectivity index (χ1v) is 9.65. The fourth-order valence-corrected chi connectivity index (χ4v) is 3.83. The van der Waals surface area contributed by atoms with Crippen LogP contribution in [0.4, 0.5) is 4.79 Å². The highest BCUT2D eigenvalue weighted by molar-refractivity contribution is 5.93. The molecule has 3 rings (SSSR count). The molecule has 2 aliphatic rings. The van der Waals surface area contributed by atoms with Crippen LogP contribution in [-0.2, 0) is 16.1 Å². The van der Waals surface area contributed by atoms with Crippen LogP contribution in [0.1, 0.15) is 60.7 Å². The van der Waals surface area contributed by atoms with Crippen molar-refractivity contribution in [2.45, 2.75) is 52.7 Å². The first-order valence-electron chi connectivity index (χ1n) is 9.65. The van der Waals surface area contributed by atoms with Gasteiger partial charge in [0.2, 0.25) is 0 Å². The zero-order valence-electron chi connectivity index (χ0n) is 17.0. The molecule has 1 aromatic rings. The van der Waals surface area contributed by atoms with Gasteiger partial charge in [0, 0.05) is 38.3 Å². The van der Waals surface area contributed by atoms with Gasteiger partial charge in [0.15, 0.2) is 0 Å². The molecule has 1 atom stereocenters. The topological polar surface area (TPSA) is 59.1 Å². The molecule has 1 saturated heterocycles. The van der Waals surface area contributed by atoms with Gasteiger partial charge in [-0.1, -0.05) is 13.0 Å². The van der Waals surface area contributed by atoms with Gasteiger partial charge in [0.05, 0.1) is 5.56 Å². The fourth-order valence-electron chi connectivity index (χ4n) is 3.83. The molecule has 148 valence electrons. The number of nitrogens with zero attached hydrogens (tertiary/aromatic N) is 2. The average molecular weight is 374 g/mol. The van der Waals surface area contributed by atoms with E-state index in [0.29, 0.717) is 31.2 Å². The monoisotopic (exact) mass is 374 g/mol. The van der Waals surface area contributed by atoms with Gasteiger partial charge in [-0.15, -0.1) is 0 Å². The van der Waals surface area contributed by atoms with Crippen molar-refractivity contribution in [1.82, 2.24) is 9.80 Å². The van der Waals surface area contributed by atoms with Gasteiger partial charge in [-0.3, -0.25) is 4.90 Å². The van der Waals surface area contributed by atoms with E-state index in [1.807, 2.05) is 26.8 Å². The Morgan fingerprint density at radius 1 is 1.22 bits per heavy atom. The maximum atomic E-state index is 12.2. The third kappa shape index (κ3) is 4.43. The standard InChI is InChI=1S/C21H30N2O4/c1-14(16-6-7-17-18(15(16)2)13-26-19(17)24)12-22-8-10-23(11-9-22)20(25)27-21(3,4)5/h6-7,14H,8-13H2,1-5H3. The average Bonchev–Trinajstić information content (AvgIpc) is 2.96. The molecule has 6 heteroatoms. The van der Waals surface area contributed by atoms with Crippen molar-refractivity contribution >= 4 is 12.1 Å². The molecule has 0 saturated carbocycles. The molecule has 0 aliphatic carbocycles. The summed E-state index contributed by atoms with van der Waals surface area (Å²) in [6, 6.07) is 3.95. The summed E-state index contributed by atoms with van der Waals surface area (Å²) in [4.78, 5) is 28.1. The van der Waals surface area contributed by atoms with Crippen molar-refractivity contribution in [2.75, 3.05) is 32.7 Å². The summed E-state index contributed by atoms with van der Waals surface area (Å²) in [5.41, 5.74) is 3.70. The van der Waals surface area contributed by atoms with Crippen LogP contribution in [0.5, 0.6) is 0 Å². The van der Waals surface area contributed by atoms with Crippen molar-refractivity contribution in [2.24, 2.45) is 0 Å². The van der Waals surface area contributed by atoms with Gasteiger partial charge in [0.25, 0.3) is 0 Å². The lowest BCUT2D eigenvalue weighted by molar-refractivity contribution is 0.0142. The van der Waals surface area contributed by atoms with Gasteiger partial charge in [0.1, 0.15) is 12.2 Å². The number of carbonyl (C=O) groups excluding carboxylic acids is 2. The predicted octanol–water partition coefficient (Wildman–Crippen LogP) is 3.32. The normalized spacial score (nSPS) is 18.9. The maximum Gasteiger partial charge on any atom is 0.410 e. The van der Waals surface area contributed by atoms with E-state index in [2.05, 4.69) is 24.8 Å². The second-order valence-electron chi connectivity index (χ2n) is 8.55. The molecule has 0 aromatic heterocycles. The van der Waals surface area contributed by atoms with Crippen LogP contribution in [0, 0.1) is 6.92 Å². The highest BCUT2D eigenvalue weighted by atomic mass is 16.6. The number of benzene rings is 1. The number of fused-ring (bicyclic) bond motifs is 1. The van der Waals surface area contributed by atoms with Gasteiger partial charge >= 0.3 is 12.1 Å². The largest absolute Gasteiger partial charge is 0.457 e. The van der Waals surface area contributed by atoms with Crippen molar-refractivity contribution in [3.63, 3.8) is 0 Å². The molecule has 2 aliphatic heterocycles. The molecule has 0 spiro atoms. The smallest absolute Gasteiger partial charge is 0.410 e. The van der Waals surface area contributed by atoms with Crippen LogP contribution in [0.3, 0.4) is 0 Å². The Labute approximate surface area is 161 Å². The molecule has 6 nitrogen and oxygen atoms in total. The van der Waals surface area contributed by atoms with E-state index < -0.39 is 5.60 Å². The van der Waals surface area contributed by atoms with Crippen LogP contribution in [0.15, 0.2) is 12.1 Å². The molecule has 0 bridgehead atoms. The first kappa shape index (κ1) is 19.7. The van der Waals surface area contributed by atoms with Crippen LogP contribution >= 0.6 is 0 Å². The molecule has 1 amide bonds. The van der Waals surface area contributed by atoms with E-state index in [4.69, 9.17) is 9.47 Å². The zero-order valence-corrected chi connectivity index (χ0v) is 17.0. The molecule has 27 heavy (non-hydrogen) atoms. The Morgan fingerprint density at radius 2 is 1.89 bits per heavy atom. The Balaban J connectivity index is 1.57. The number of piperazine rings is 1. The summed E-state index contributed by atoms with van der Waals surface area (Å²) in [6.45, 7) is 14.3. The number of hydrogen-bond donors (Lipinski definition) is 0. The third-order valence-corrected chi connectivity index (χ3v) is 5.29. The highest BCUT2D eigenvalue weighted by Crippen LogP contribution is 2.30. The van der Waals surface area contributed by atoms with Crippen molar-refractivity contribution in [3.05, 3.63) is 34.4 Å². The Bertz CT molecular complexity index is 730. The van der Waals surface area contributed by atoms with Crippen LogP contribution in [0.25, 0.3) is 0 Å². The predicted molar refractivity (Wildman–Crippen MR) is 103 cm³/mol. The zero-order chi connectivity index (χ0) is 19.8. The molecule has 0 radical (unpaired) electrons. The molecule has 2 heterocycles. The van der Waals surface area contributed by atoms with Gasteiger partial charge in [-0.2, -0.15) is 0 Å². The quantitative estimate of drug-likeness (QED) is 0.760. The number of ether oxygens (including phenoxy) is 2. The lowest BCUT2D eigenvalue weighted by Gasteiger charge is -2.36. The SMILES string of the molecule is Cc1c(C(C)CN2CCN(C(=O)OC(C)(C)C)CC2)ccc2c1COC2=O. The van der Waals surface area contributed by atoms with E-state index in [0.717, 1.165) is 25.2 Å². The van der Waals surface area contributed by atoms with Crippen LogP contribution in [-0.4, -0.2) is 60.2 Å². The second kappa shape index (κ2) is 7.50. The summed E-state index contributed by atoms with van der Waals surface area (Å²) in [5, 5.41) is 0. The molecule has 1 fully saturated rings. The van der Waals surface area contributed by atoms with Crippen molar-refractivity contribution < 1.29 is 19.1 Å². The lowest BCUT2D eigenvalue weighted by atomic mass is 9.90. The summed E-state index contributed by atoms with van der Waals surface area (Å²) in [7, 11) is 0. The Hall–Kier alpha value is -2.08. The number of amides is 1. The minimum Gasteiger partial charge on any atom is -0.457 e. The molecular formula is C21H30N2O4. The number of hydrogen-bond acceptors (Lipinski definition) is 5. The highest BCUT2D eigenvalue weighted by Gasteiger charge is 2.28. The van der Waals surface area contributed by atoms with Gasteiger partial charge in [-0.25, -0.2) is 9.59 Å². The number of cyclic esters (lactones) is 1. The molecular weight excluding hydrogens is 344 g/mol.